The number of aromatic amines is 1. The third-order valence-corrected chi connectivity index (χ3v) is 2.39. The molecule has 0 saturated carbocycles. The molecule has 0 aliphatic carbocycles. The number of nitrogens with one attached hydrogen (secondary N) is 3. The third kappa shape index (κ3) is 3.98. The van der Waals surface area contributed by atoms with Crippen LogP contribution in [0.15, 0.2) is 35.1 Å². The van der Waals surface area contributed by atoms with Gasteiger partial charge in [0.1, 0.15) is 5.82 Å². The molecule has 0 unspecified atom stereocenters. The van der Waals surface area contributed by atoms with E-state index in [2.05, 4.69) is 20.8 Å². The van der Waals surface area contributed by atoms with E-state index in [1.165, 1.54) is 6.26 Å². The first-order valence-electron chi connectivity index (χ1n) is 5.86. The fourth-order valence-corrected chi connectivity index (χ4v) is 1.48. The summed E-state index contributed by atoms with van der Waals surface area (Å²) in [7, 11) is 0. The van der Waals surface area contributed by atoms with Gasteiger partial charge in [-0.05, 0) is 18.6 Å². The minimum atomic E-state index is -0.279. The summed E-state index contributed by atoms with van der Waals surface area (Å²) in [6, 6.07) is 4.89. The molecule has 7 nitrogen and oxygen atoms in total. The van der Waals surface area contributed by atoms with Crippen molar-refractivity contribution in [3.8, 4) is 0 Å². The Morgan fingerprint density at radius 1 is 1.37 bits per heavy atom. The molecule has 0 aromatic carbocycles. The molecule has 0 saturated heterocycles. The molecule has 2 aromatic heterocycles. The normalized spacial score (nSPS) is 10.1. The Balaban J connectivity index is 1.61. The Labute approximate surface area is 109 Å². The van der Waals surface area contributed by atoms with Gasteiger partial charge in [-0.1, -0.05) is 0 Å². The van der Waals surface area contributed by atoms with Crippen LogP contribution in [0.5, 0.6) is 0 Å². The molecular formula is C12H14N4O3. The topological polar surface area (TPSA) is 100 Å². The van der Waals surface area contributed by atoms with E-state index in [-0.39, 0.29) is 17.6 Å². The average molecular weight is 262 g/mol. The number of H-pyrrole nitrogens is 1. The lowest BCUT2D eigenvalue weighted by atomic mass is 10.3. The molecule has 0 aliphatic heterocycles. The minimum absolute atomic E-state index is 0.128. The van der Waals surface area contributed by atoms with Gasteiger partial charge in [0.2, 0.25) is 5.91 Å². The van der Waals surface area contributed by atoms with Crippen LogP contribution >= 0.6 is 0 Å². The van der Waals surface area contributed by atoms with Crippen LogP contribution in [-0.4, -0.2) is 28.6 Å². The van der Waals surface area contributed by atoms with Gasteiger partial charge in [-0.15, -0.1) is 0 Å². The van der Waals surface area contributed by atoms with Crippen molar-refractivity contribution in [3.05, 3.63) is 36.4 Å². The second-order valence-electron chi connectivity index (χ2n) is 3.86. The predicted octanol–water partition coefficient (Wildman–Crippen LogP) is 1.15. The first kappa shape index (κ1) is 12.9. The van der Waals surface area contributed by atoms with E-state index in [4.69, 9.17) is 4.42 Å². The zero-order valence-corrected chi connectivity index (χ0v) is 10.2. The maximum Gasteiger partial charge on any atom is 0.286 e. The number of furan rings is 1. The van der Waals surface area contributed by atoms with E-state index in [9.17, 15) is 9.59 Å². The Kier molecular flexibility index (Phi) is 4.33. The molecule has 0 spiro atoms. The summed E-state index contributed by atoms with van der Waals surface area (Å²) in [4.78, 5) is 23.0. The van der Waals surface area contributed by atoms with E-state index in [0.717, 1.165) is 0 Å². The van der Waals surface area contributed by atoms with E-state index >= 15 is 0 Å². The van der Waals surface area contributed by atoms with E-state index in [1.54, 1.807) is 24.4 Å². The van der Waals surface area contributed by atoms with Crippen LogP contribution in [0.2, 0.25) is 0 Å². The van der Waals surface area contributed by atoms with Gasteiger partial charge >= 0.3 is 0 Å². The Hall–Kier alpha value is -2.57. The van der Waals surface area contributed by atoms with E-state index in [1.807, 2.05) is 0 Å². The molecule has 2 rings (SSSR count). The van der Waals surface area contributed by atoms with Crippen LogP contribution in [0.1, 0.15) is 23.4 Å². The maximum atomic E-state index is 11.5. The SMILES string of the molecule is O=C(CCCNC(=O)c1ccco1)Nc1ccn[nH]1. The summed E-state index contributed by atoms with van der Waals surface area (Å²) in [6.45, 7) is 0.413. The monoisotopic (exact) mass is 262 g/mol. The summed E-state index contributed by atoms with van der Waals surface area (Å²) in [6.07, 6.45) is 3.86. The van der Waals surface area contributed by atoms with E-state index in [0.29, 0.717) is 25.2 Å². The molecule has 2 heterocycles. The lowest BCUT2D eigenvalue weighted by Crippen LogP contribution is -2.25. The molecule has 2 aromatic rings. The fourth-order valence-electron chi connectivity index (χ4n) is 1.48. The zero-order valence-electron chi connectivity index (χ0n) is 10.2. The van der Waals surface area contributed by atoms with Gasteiger partial charge in [0.15, 0.2) is 5.76 Å². The Morgan fingerprint density at radius 2 is 2.26 bits per heavy atom. The van der Waals surface area contributed by atoms with Crippen molar-refractivity contribution >= 4 is 17.6 Å². The van der Waals surface area contributed by atoms with Gasteiger partial charge in [-0.25, -0.2) is 0 Å². The highest BCUT2D eigenvalue weighted by atomic mass is 16.3. The fraction of sp³-hybridized carbons (Fsp3) is 0.250. The standard InChI is InChI=1S/C12H14N4O3/c17-11(15-10-5-7-14-16-10)4-1-6-13-12(18)9-3-2-8-19-9/h2-3,5,7-8H,1,4,6H2,(H,13,18)(H2,14,15,16,17). The molecule has 3 N–H and O–H groups in total. The average Bonchev–Trinajstić information content (AvgIpc) is 3.06. The van der Waals surface area contributed by atoms with Crippen molar-refractivity contribution in [1.82, 2.24) is 15.5 Å². The first-order chi connectivity index (χ1) is 9.25. The number of hydrogen-bond donors (Lipinski definition) is 3. The Bertz CT molecular complexity index is 519. The van der Waals surface area contributed by atoms with Crippen molar-refractivity contribution in [3.63, 3.8) is 0 Å². The number of aromatic nitrogens is 2. The van der Waals surface area contributed by atoms with Crippen molar-refractivity contribution in [2.24, 2.45) is 0 Å². The highest BCUT2D eigenvalue weighted by Crippen LogP contribution is 2.01. The quantitative estimate of drug-likeness (QED) is 0.680. The summed E-state index contributed by atoms with van der Waals surface area (Å²) >= 11 is 0. The van der Waals surface area contributed by atoms with Crippen molar-refractivity contribution < 1.29 is 14.0 Å². The lowest BCUT2D eigenvalue weighted by Gasteiger charge is -2.03. The minimum Gasteiger partial charge on any atom is -0.459 e. The van der Waals surface area contributed by atoms with Gasteiger partial charge in [-0.3, -0.25) is 14.7 Å². The molecule has 0 bridgehead atoms. The first-order valence-corrected chi connectivity index (χ1v) is 5.86. The van der Waals surface area contributed by atoms with Crippen molar-refractivity contribution in [2.45, 2.75) is 12.8 Å². The second kappa shape index (κ2) is 6.39. The number of amides is 2. The van der Waals surface area contributed by atoms with Crippen LogP contribution in [0.3, 0.4) is 0 Å². The largest absolute Gasteiger partial charge is 0.459 e. The van der Waals surface area contributed by atoms with Crippen LogP contribution < -0.4 is 10.6 Å². The number of nitrogens with zero attached hydrogens (tertiary/aromatic N) is 1. The molecule has 0 radical (unpaired) electrons. The second-order valence-corrected chi connectivity index (χ2v) is 3.86. The summed E-state index contributed by atoms with van der Waals surface area (Å²) < 4.78 is 4.94. The predicted molar refractivity (Wildman–Crippen MR) is 67.5 cm³/mol. The number of carbonyl (C=O) groups excluding carboxylic acids is 2. The molecule has 0 fully saturated rings. The lowest BCUT2D eigenvalue weighted by molar-refractivity contribution is -0.116. The van der Waals surface area contributed by atoms with E-state index < -0.39 is 0 Å². The summed E-state index contributed by atoms with van der Waals surface area (Å²) in [5.41, 5.74) is 0. The van der Waals surface area contributed by atoms with Gasteiger partial charge in [0.05, 0.1) is 12.5 Å². The molecule has 100 valence electrons. The van der Waals surface area contributed by atoms with Crippen LogP contribution in [-0.2, 0) is 4.79 Å². The van der Waals surface area contributed by atoms with Gasteiger partial charge in [-0.2, -0.15) is 5.10 Å². The third-order valence-electron chi connectivity index (χ3n) is 2.39. The molecule has 0 aliphatic rings. The van der Waals surface area contributed by atoms with Crippen LogP contribution in [0.25, 0.3) is 0 Å². The number of rotatable bonds is 6. The highest BCUT2D eigenvalue weighted by molar-refractivity contribution is 5.91. The van der Waals surface area contributed by atoms with Crippen LogP contribution in [0, 0.1) is 0 Å². The number of carbonyl (C=O) groups is 2. The smallest absolute Gasteiger partial charge is 0.286 e. The van der Waals surface area contributed by atoms with Crippen LogP contribution in [0.4, 0.5) is 5.82 Å². The molecule has 7 heteroatoms. The van der Waals surface area contributed by atoms with Gasteiger partial charge < -0.3 is 15.1 Å². The molecular weight excluding hydrogens is 248 g/mol. The highest BCUT2D eigenvalue weighted by Gasteiger charge is 2.08. The Morgan fingerprint density at radius 3 is 2.95 bits per heavy atom. The van der Waals surface area contributed by atoms with Gasteiger partial charge in [0.25, 0.3) is 5.91 Å². The maximum absolute atomic E-state index is 11.5. The number of hydrogen-bond acceptors (Lipinski definition) is 4. The summed E-state index contributed by atoms with van der Waals surface area (Å²) in [5.74, 6) is 0.419. The molecule has 0 atom stereocenters. The van der Waals surface area contributed by atoms with Crippen molar-refractivity contribution in [1.29, 1.82) is 0 Å². The molecule has 2 amide bonds. The van der Waals surface area contributed by atoms with Crippen molar-refractivity contribution in [2.75, 3.05) is 11.9 Å². The van der Waals surface area contributed by atoms with Gasteiger partial charge in [0, 0.05) is 19.0 Å². The molecule has 19 heavy (non-hydrogen) atoms. The number of anilines is 1. The summed E-state index contributed by atoms with van der Waals surface area (Å²) in [5, 5.41) is 11.7. The zero-order chi connectivity index (χ0) is 13.5.